The summed E-state index contributed by atoms with van der Waals surface area (Å²) in [4.78, 5) is 14.7. The number of carbonyl (C=O) groups is 1. The third kappa shape index (κ3) is 4.86. The minimum atomic E-state index is -0.360. The molecule has 0 saturated heterocycles. The van der Waals surface area contributed by atoms with Crippen molar-refractivity contribution in [2.75, 3.05) is 13.2 Å². The van der Waals surface area contributed by atoms with Gasteiger partial charge in [-0.1, -0.05) is 6.07 Å². The Morgan fingerprint density at radius 1 is 1.56 bits per heavy atom. The fourth-order valence-corrected chi connectivity index (χ4v) is 1.18. The summed E-state index contributed by atoms with van der Waals surface area (Å²) in [5.41, 5.74) is 6.92. The Kier molecular flexibility index (Phi) is 5.45. The minimum Gasteiger partial charge on any atom is -0.375 e. The summed E-state index contributed by atoms with van der Waals surface area (Å²) < 4.78 is 5.23. The van der Waals surface area contributed by atoms with Gasteiger partial charge in [0, 0.05) is 19.3 Å². The topological polar surface area (TPSA) is 77.2 Å². The van der Waals surface area contributed by atoms with E-state index in [4.69, 9.17) is 10.5 Å². The highest BCUT2D eigenvalue weighted by atomic mass is 16.5. The molecule has 0 radical (unpaired) electrons. The van der Waals surface area contributed by atoms with E-state index in [0.717, 1.165) is 11.3 Å². The van der Waals surface area contributed by atoms with Gasteiger partial charge in [0.15, 0.2) is 0 Å². The minimum absolute atomic E-state index is 0.181. The van der Waals surface area contributed by atoms with Gasteiger partial charge in [-0.2, -0.15) is 0 Å². The number of nitrogens with one attached hydrogen (secondary N) is 1. The first-order valence-electron chi connectivity index (χ1n) is 5.23. The van der Waals surface area contributed by atoms with Crippen molar-refractivity contribution in [1.82, 2.24) is 10.3 Å². The highest BCUT2D eigenvalue weighted by Gasteiger charge is 1.97. The summed E-state index contributed by atoms with van der Waals surface area (Å²) in [6, 6.07) is 3.87. The van der Waals surface area contributed by atoms with Crippen molar-refractivity contribution >= 4 is 5.91 Å². The van der Waals surface area contributed by atoms with E-state index in [1.54, 1.807) is 6.20 Å². The van der Waals surface area contributed by atoms with Crippen molar-refractivity contribution in [1.29, 1.82) is 0 Å². The molecule has 5 nitrogen and oxygen atoms in total. The predicted molar refractivity (Wildman–Crippen MR) is 60.5 cm³/mol. The number of nitrogens with two attached hydrogens (primary N) is 1. The largest absolute Gasteiger partial charge is 0.375 e. The standard InChI is InChI=1S/C11H17N3O2/c1-2-16-8-10-4-3-9(6-14-10)5-13-7-11(12)15/h3-4,6,13H,2,5,7-8H2,1H3,(H2,12,15). The number of aromatic nitrogens is 1. The van der Waals surface area contributed by atoms with Gasteiger partial charge >= 0.3 is 0 Å². The average Bonchev–Trinajstić information content (AvgIpc) is 2.27. The summed E-state index contributed by atoms with van der Waals surface area (Å²) in [6.45, 7) is 3.93. The Bertz CT molecular complexity index is 325. The summed E-state index contributed by atoms with van der Waals surface area (Å²) >= 11 is 0. The van der Waals surface area contributed by atoms with Crippen LogP contribution in [-0.4, -0.2) is 24.0 Å². The van der Waals surface area contributed by atoms with Gasteiger partial charge in [-0.3, -0.25) is 9.78 Å². The van der Waals surface area contributed by atoms with Crippen molar-refractivity contribution < 1.29 is 9.53 Å². The fraction of sp³-hybridized carbons (Fsp3) is 0.455. The Labute approximate surface area is 95.0 Å². The summed E-state index contributed by atoms with van der Waals surface area (Å²) in [5, 5.41) is 2.92. The molecular weight excluding hydrogens is 206 g/mol. The molecule has 0 aliphatic carbocycles. The van der Waals surface area contributed by atoms with Crippen molar-refractivity contribution in [2.45, 2.75) is 20.1 Å². The zero-order valence-electron chi connectivity index (χ0n) is 9.40. The zero-order chi connectivity index (χ0) is 11.8. The molecule has 1 amide bonds. The number of ether oxygens (including phenoxy) is 1. The quantitative estimate of drug-likeness (QED) is 0.692. The Morgan fingerprint density at radius 3 is 2.94 bits per heavy atom. The van der Waals surface area contributed by atoms with Gasteiger partial charge in [-0.25, -0.2) is 0 Å². The van der Waals surface area contributed by atoms with Crippen molar-refractivity contribution in [3.63, 3.8) is 0 Å². The van der Waals surface area contributed by atoms with Gasteiger partial charge in [0.05, 0.1) is 18.8 Å². The third-order valence-corrected chi connectivity index (χ3v) is 1.97. The van der Waals surface area contributed by atoms with Crippen LogP contribution in [0.15, 0.2) is 18.3 Å². The average molecular weight is 223 g/mol. The predicted octanol–water partition coefficient (Wildman–Crippen LogP) is 0.193. The van der Waals surface area contributed by atoms with Crippen LogP contribution < -0.4 is 11.1 Å². The van der Waals surface area contributed by atoms with E-state index >= 15 is 0 Å². The van der Waals surface area contributed by atoms with Crippen LogP contribution in [0, 0.1) is 0 Å². The first kappa shape index (κ1) is 12.6. The molecule has 0 atom stereocenters. The number of nitrogens with zero attached hydrogens (tertiary/aromatic N) is 1. The molecule has 0 spiro atoms. The molecule has 0 aliphatic heterocycles. The highest BCUT2D eigenvalue weighted by molar-refractivity contribution is 5.75. The first-order valence-corrected chi connectivity index (χ1v) is 5.23. The van der Waals surface area contributed by atoms with E-state index in [9.17, 15) is 4.79 Å². The molecule has 16 heavy (non-hydrogen) atoms. The molecule has 0 aliphatic rings. The molecule has 3 N–H and O–H groups in total. The Balaban J connectivity index is 2.36. The first-order chi connectivity index (χ1) is 7.72. The lowest BCUT2D eigenvalue weighted by Crippen LogP contribution is -2.28. The number of rotatable bonds is 7. The van der Waals surface area contributed by atoms with Gasteiger partial charge in [0.1, 0.15) is 0 Å². The molecule has 0 saturated carbocycles. The molecule has 0 unspecified atom stereocenters. The van der Waals surface area contributed by atoms with Gasteiger partial charge in [-0.15, -0.1) is 0 Å². The maximum atomic E-state index is 10.5. The third-order valence-electron chi connectivity index (χ3n) is 1.97. The van der Waals surface area contributed by atoms with Crippen LogP contribution in [-0.2, 0) is 22.7 Å². The molecule has 88 valence electrons. The van der Waals surface area contributed by atoms with E-state index in [2.05, 4.69) is 10.3 Å². The molecule has 1 rings (SSSR count). The van der Waals surface area contributed by atoms with Gasteiger partial charge < -0.3 is 15.8 Å². The lowest BCUT2D eigenvalue weighted by molar-refractivity contribution is -0.117. The second-order valence-electron chi connectivity index (χ2n) is 3.36. The molecule has 1 aromatic heterocycles. The Morgan fingerprint density at radius 2 is 2.38 bits per heavy atom. The molecular formula is C11H17N3O2. The molecule has 1 heterocycles. The van der Waals surface area contributed by atoms with Crippen molar-refractivity contribution in [3.05, 3.63) is 29.6 Å². The van der Waals surface area contributed by atoms with Crippen LogP contribution in [0.25, 0.3) is 0 Å². The Hall–Kier alpha value is -1.46. The number of primary amides is 1. The number of hydrogen-bond donors (Lipinski definition) is 2. The zero-order valence-corrected chi connectivity index (χ0v) is 9.40. The second kappa shape index (κ2) is 6.92. The maximum Gasteiger partial charge on any atom is 0.231 e. The van der Waals surface area contributed by atoms with Crippen LogP contribution in [0.5, 0.6) is 0 Å². The summed E-state index contributed by atoms with van der Waals surface area (Å²) in [6.07, 6.45) is 1.77. The lowest BCUT2D eigenvalue weighted by atomic mass is 10.2. The van der Waals surface area contributed by atoms with Crippen LogP contribution in [0.3, 0.4) is 0 Å². The maximum absolute atomic E-state index is 10.5. The van der Waals surface area contributed by atoms with Crippen LogP contribution in [0.2, 0.25) is 0 Å². The van der Waals surface area contributed by atoms with E-state index in [1.807, 2.05) is 19.1 Å². The van der Waals surface area contributed by atoms with E-state index in [0.29, 0.717) is 19.8 Å². The highest BCUT2D eigenvalue weighted by Crippen LogP contribution is 2.01. The van der Waals surface area contributed by atoms with Gasteiger partial charge in [0.2, 0.25) is 5.91 Å². The monoisotopic (exact) mass is 223 g/mol. The number of carbonyl (C=O) groups excluding carboxylic acids is 1. The fourth-order valence-electron chi connectivity index (χ4n) is 1.18. The van der Waals surface area contributed by atoms with Gasteiger partial charge in [-0.05, 0) is 18.6 Å². The van der Waals surface area contributed by atoms with E-state index < -0.39 is 0 Å². The van der Waals surface area contributed by atoms with Crippen molar-refractivity contribution in [3.8, 4) is 0 Å². The summed E-state index contributed by atoms with van der Waals surface area (Å²) in [5.74, 6) is -0.360. The number of amides is 1. The lowest BCUT2D eigenvalue weighted by Gasteiger charge is -2.04. The van der Waals surface area contributed by atoms with Crippen LogP contribution in [0.4, 0.5) is 0 Å². The van der Waals surface area contributed by atoms with E-state index in [-0.39, 0.29) is 12.5 Å². The molecule has 1 aromatic rings. The normalized spacial score (nSPS) is 10.3. The molecule has 5 heteroatoms. The van der Waals surface area contributed by atoms with E-state index in [1.165, 1.54) is 0 Å². The van der Waals surface area contributed by atoms with Crippen molar-refractivity contribution in [2.24, 2.45) is 5.73 Å². The molecule has 0 aromatic carbocycles. The van der Waals surface area contributed by atoms with Gasteiger partial charge in [0.25, 0.3) is 0 Å². The summed E-state index contributed by atoms with van der Waals surface area (Å²) in [7, 11) is 0. The molecule has 0 bridgehead atoms. The second-order valence-corrected chi connectivity index (χ2v) is 3.36. The molecule has 0 fully saturated rings. The van der Waals surface area contributed by atoms with Crippen LogP contribution in [0.1, 0.15) is 18.2 Å². The number of hydrogen-bond acceptors (Lipinski definition) is 4. The van der Waals surface area contributed by atoms with Crippen LogP contribution >= 0.6 is 0 Å². The smallest absolute Gasteiger partial charge is 0.231 e. The SMILES string of the molecule is CCOCc1ccc(CNCC(N)=O)cn1. The number of pyridine rings is 1.